The highest BCUT2D eigenvalue weighted by molar-refractivity contribution is 7.98. The molecule has 0 bridgehead atoms. The molecule has 8 N–H and O–H groups in total. The fourth-order valence-corrected chi connectivity index (χ4v) is 8.16. The molecule has 22 nitrogen and oxygen atoms in total. The number of fused-ring (bicyclic) bond motifs is 1. The van der Waals surface area contributed by atoms with Crippen molar-refractivity contribution < 1.29 is 70.1 Å². The molecule has 4 aromatic rings. The summed E-state index contributed by atoms with van der Waals surface area (Å²) < 4.78 is 46.5. The molecular weight excluding hydrogens is 1000 g/mol. The van der Waals surface area contributed by atoms with E-state index in [2.05, 4.69) is 41.1 Å². The van der Waals surface area contributed by atoms with Gasteiger partial charge in [-0.1, -0.05) is 80.4 Å². The van der Waals surface area contributed by atoms with Gasteiger partial charge in [0.15, 0.2) is 0 Å². The standard InChI is InChI=1S/C50H65N7O15S2/c1-6-7-16-37(45(62)56-41(28-43(59)60)48(65)70-24-22-31-13-9-8-10-14-31)54-47(64)40(27-33-29-51-36-17-12-11-15-35(33)36)53-42(58)30-52-44(61)38(23-25-73-5)55-46(63)39(57-49(66)71-50(2,3)4)26-32-18-20-34(21-19-32)72-74(67,68)69/h8-15,17-21,29,37-41,51H,6-7,16,22-28,30H2,1-5H3,(H,52,61)(H,53,58)(H,54,64)(H,55,63)(H,56,62)(H,57,66)(H,59,60)(H,67,68,69)/p-1/t37-,38-,39-,40-,41-/m0/s1. The number of esters is 1. The van der Waals surface area contributed by atoms with Gasteiger partial charge in [0.25, 0.3) is 0 Å². The minimum Gasteiger partial charge on any atom is -0.550 e. The molecule has 4 rings (SSSR count). The molecule has 0 aliphatic rings. The highest BCUT2D eigenvalue weighted by Crippen LogP contribution is 2.20. The Morgan fingerprint density at radius 1 is 0.730 bits per heavy atom. The number of ether oxygens (including phenoxy) is 2. The average Bonchev–Trinajstić information content (AvgIpc) is 3.74. The van der Waals surface area contributed by atoms with Crippen molar-refractivity contribution in [2.75, 3.05) is 25.2 Å². The summed E-state index contributed by atoms with van der Waals surface area (Å²) in [4.78, 5) is 110. The van der Waals surface area contributed by atoms with Gasteiger partial charge in [-0.15, -0.1) is 0 Å². The Hall–Kier alpha value is -7.18. The Balaban J connectivity index is 1.51. The van der Waals surface area contributed by atoms with Gasteiger partial charge in [0.05, 0.1) is 13.2 Å². The maximum atomic E-state index is 14.3. The minimum absolute atomic E-state index is 0.0641. The molecule has 0 unspecified atom stereocenters. The Morgan fingerprint density at radius 3 is 1.96 bits per heavy atom. The van der Waals surface area contributed by atoms with Crippen LogP contribution in [-0.2, 0) is 72.7 Å². The van der Waals surface area contributed by atoms with Gasteiger partial charge in [0.2, 0.25) is 29.5 Å². The number of carbonyl (C=O) groups excluding carboxylic acids is 8. The number of carboxylic acid groups (broad SMARTS) is 1. The van der Waals surface area contributed by atoms with E-state index in [4.69, 9.17) is 14.0 Å². The molecule has 0 radical (unpaired) electrons. The number of hydrogen-bond acceptors (Lipinski definition) is 15. The summed E-state index contributed by atoms with van der Waals surface area (Å²) in [6.07, 6.45) is 2.76. The van der Waals surface area contributed by atoms with Crippen molar-refractivity contribution in [3.05, 3.63) is 102 Å². The molecule has 0 fully saturated rings. The predicted octanol–water partition coefficient (Wildman–Crippen LogP) is 1.95. The van der Waals surface area contributed by atoms with Crippen molar-refractivity contribution in [1.82, 2.24) is 36.9 Å². The molecule has 6 amide bonds. The van der Waals surface area contributed by atoms with E-state index in [0.717, 1.165) is 16.5 Å². The number of aliphatic carboxylic acids is 1. The number of para-hydroxylation sites is 1. The molecule has 0 aliphatic heterocycles. The number of alkyl carbamates (subject to hydrolysis) is 1. The number of nitrogens with one attached hydrogen (secondary N) is 7. The summed E-state index contributed by atoms with van der Waals surface area (Å²) in [6, 6.07) is 14.6. The SMILES string of the molecule is CCCC[C@H](NC(=O)[C@H](Cc1c[nH]c2ccccc12)NC(=O)CNC(=O)[C@H](CCSC)NC(=O)[C@H](Cc1ccc(OS(=O)(=O)O)cc1)NC(=O)OC(C)(C)C)C(=O)N[C@@H](CC(=O)[O-])C(=O)OCCc1ccccc1. The molecule has 3 aromatic carbocycles. The lowest BCUT2D eigenvalue weighted by atomic mass is 10.0. The number of amides is 6. The first-order valence-corrected chi connectivity index (χ1v) is 26.5. The molecule has 0 saturated heterocycles. The van der Waals surface area contributed by atoms with E-state index in [9.17, 15) is 51.9 Å². The number of benzene rings is 3. The normalized spacial score (nSPS) is 13.4. The van der Waals surface area contributed by atoms with Gasteiger partial charge in [-0.25, -0.2) is 9.59 Å². The van der Waals surface area contributed by atoms with E-state index in [1.807, 2.05) is 43.3 Å². The van der Waals surface area contributed by atoms with Gasteiger partial charge in [0.1, 0.15) is 41.6 Å². The number of unbranched alkanes of at least 4 members (excludes halogenated alkanes) is 1. The molecule has 5 atom stereocenters. The number of carboxylic acids is 1. The smallest absolute Gasteiger partial charge is 0.446 e. The zero-order chi connectivity index (χ0) is 54.4. The zero-order valence-corrected chi connectivity index (χ0v) is 43.4. The van der Waals surface area contributed by atoms with Crippen LogP contribution in [0.5, 0.6) is 5.75 Å². The van der Waals surface area contributed by atoms with E-state index in [1.165, 1.54) is 36.0 Å². The minimum atomic E-state index is -4.82. The number of hydrogen-bond donors (Lipinski definition) is 8. The lowest BCUT2D eigenvalue weighted by Gasteiger charge is -2.26. The van der Waals surface area contributed by atoms with Crippen molar-refractivity contribution >= 4 is 80.6 Å². The van der Waals surface area contributed by atoms with Crippen molar-refractivity contribution in [2.24, 2.45) is 0 Å². The van der Waals surface area contributed by atoms with E-state index in [1.54, 1.807) is 51.4 Å². The maximum Gasteiger partial charge on any atom is 0.446 e. The topological polar surface area (TPSA) is 330 Å². The van der Waals surface area contributed by atoms with E-state index >= 15 is 0 Å². The molecular formula is C50H64N7O15S2-. The van der Waals surface area contributed by atoms with Crippen LogP contribution in [0.15, 0.2) is 85.1 Å². The maximum absolute atomic E-state index is 14.3. The van der Waals surface area contributed by atoms with E-state index < -0.39 is 107 Å². The molecule has 1 aromatic heterocycles. The van der Waals surface area contributed by atoms with Crippen molar-refractivity contribution in [1.29, 1.82) is 0 Å². The lowest BCUT2D eigenvalue weighted by molar-refractivity contribution is -0.306. The summed E-state index contributed by atoms with van der Waals surface area (Å²) in [5, 5.41) is 27.8. The van der Waals surface area contributed by atoms with Gasteiger partial charge >= 0.3 is 22.5 Å². The molecule has 74 heavy (non-hydrogen) atoms. The van der Waals surface area contributed by atoms with Crippen molar-refractivity contribution in [3.63, 3.8) is 0 Å². The highest BCUT2D eigenvalue weighted by atomic mass is 32.3. The molecule has 0 saturated carbocycles. The van der Waals surface area contributed by atoms with Crippen LogP contribution in [0.1, 0.15) is 76.5 Å². The van der Waals surface area contributed by atoms with E-state index in [0.29, 0.717) is 36.1 Å². The third kappa shape index (κ3) is 21.1. The Kier molecular flexibility index (Phi) is 23.2. The van der Waals surface area contributed by atoms with Crippen LogP contribution in [0.3, 0.4) is 0 Å². The first-order valence-electron chi connectivity index (χ1n) is 23.7. The van der Waals surface area contributed by atoms with E-state index in [-0.39, 0.29) is 38.0 Å². The summed E-state index contributed by atoms with van der Waals surface area (Å²) in [5.41, 5.74) is 1.66. The summed E-state index contributed by atoms with van der Waals surface area (Å²) in [5.74, 6) is -6.64. The third-order valence-electron chi connectivity index (χ3n) is 10.9. The fourth-order valence-electron chi connectivity index (χ4n) is 7.34. The van der Waals surface area contributed by atoms with Gasteiger partial charge in [-0.2, -0.15) is 20.2 Å². The predicted molar refractivity (Wildman–Crippen MR) is 271 cm³/mol. The second kappa shape index (κ2) is 28.9. The summed E-state index contributed by atoms with van der Waals surface area (Å²) >= 11 is 1.37. The second-order valence-electron chi connectivity index (χ2n) is 18.0. The Labute approximate surface area is 433 Å². The van der Waals surface area contributed by atoms with Crippen LogP contribution in [-0.4, -0.2) is 126 Å². The lowest BCUT2D eigenvalue weighted by Crippen LogP contribution is -2.58. The molecule has 0 aliphatic carbocycles. The zero-order valence-electron chi connectivity index (χ0n) is 41.7. The largest absolute Gasteiger partial charge is 0.550 e. The third-order valence-corrected chi connectivity index (χ3v) is 12.0. The van der Waals surface area contributed by atoms with Crippen LogP contribution in [0.25, 0.3) is 10.9 Å². The summed E-state index contributed by atoms with van der Waals surface area (Å²) in [6.45, 7) is 5.91. The second-order valence-corrected chi connectivity index (χ2v) is 20.1. The highest BCUT2D eigenvalue weighted by Gasteiger charge is 2.32. The number of aromatic nitrogens is 1. The molecule has 24 heteroatoms. The van der Waals surface area contributed by atoms with Crippen LogP contribution in [0.2, 0.25) is 0 Å². The quantitative estimate of drug-likeness (QED) is 0.0285. The fraction of sp³-hybridized carbons (Fsp3) is 0.440. The van der Waals surface area contributed by atoms with Crippen LogP contribution in [0.4, 0.5) is 4.79 Å². The first-order chi connectivity index (χ1) is 35.0. The Morgan fingerprint density at radius 2 is 1.34 bits per heavy atom. The van der Waals surface area contributed by atoms with Gasteiger partial charge in [0, 0.05) is 48.8 Å². The van der Waals surface area contributed by atoms with Gasteiger partial charge < -0.3 is 60.4 Å². The first kappa shape index (κ1) is 59.4. The van der Waals surface area contributed by atoms with Crippen molar-refractivity contribution in [3.8, 4) is 5.75 Å². The van der Waals surface area contributed by atoms with Crippen molar-refractivity contribution in [2.45, 2.75) is 115 Å². The number of thioether (sulfide) groups is 1. The molecule has 402 valence electrons. The van der Waals surface area contributed by atoms with Gasteiger partial charge in [-0.05, 0) is 80.5 Å². The number of rotatable bonds is 29. The summed E-state index contributed by atoms with van der Waals surface area (Å²) in [7, 11) is -4.82. The van der Waals surface area contributed by atoms with Gasteiger partial charge in [-0.3, -0.25) is 28.5 Å². The number of H-pyrrole nitrogens is 1. The van der Waals surface area contributed by atoms with Crippen LogP contribution in [0, 0.1) is 0 Å². The number of carbonyl (C=O) groups is 8. The number of aromatic amines is 1. The molecule has 0 spiro atoms. The average molecular weight is 1070 g/mol. The van der Waals surface area contributed by atoms with Crippen LogP contribution < -0.4 is 41.2 Å². The monoisotopic (exact) mass is 1070 g/mol. The van der Waals surface area contributed by atoms with Crippen LogP contribution >= 0.6 is 11.8 Å². The Bertz CT molecular complexity index is 2660. The molecule has 1 heterocycles.